The Balaban J connectivity index is 1.89. The number of nitro benzene ring substituents is 1. The highest BCUT2D eigenvalue weighted by molar-refractivity contribution is 7.15. The number of hydrogen-bond acceptors (Lipinski definition) is 7. The molecule has 0 aliphatic rings. The van der Waals surface area contributed by atoms with E-state index in [0.29, 0.717) is 22.9 Å². The molecule has 3 aromatic rings. The van der Waals surface area contributed by atoms with E-state index in [1.54, 1.807) is 35.0 Å². The Bertz CT molecular complexity index is 1110. The molecule has 0 aliphatic heterocycles. The van der Waals surface area contributed by atoms with Crippen molar-refractivity contribution in [3.63, 3.8) is 0 Å². The maximum absolute atomic E-state index is 12.4. The number of aryl methyl sites for hydroxylation is 1. The van der Waals surface area contributed by atoms with Crippen molar-refractivity contribution < 1.29 is 9.72 Å². The Morgan fingerprint density at radius 2 is 2.21 bits per heavy atom. The predicted octanol–water partition coefficient (Wildman–Crippen LogP) is 3.35. The monoisotopic (exact) mass is 394 g/mol. The molecule has 1 aromatic carbocycles. The van der Waals surface area contributed by atoms with E-state index in [2.05, 4.69) is 15.5 Å². The molecule has 0 spiro atoms. The van der Waals surface area contributed by atoms with Crippen LogP contribution in [0.1, 0.15) is 17.6 Å². The van der Waals surface area contributed by atoms with Gasteiger partial charge in [0.1, 0.15) is 16.6 Å². The molecular formula is C18H14N6O3S. The minimum atomic E-state index is -0.604. The molecule has 10 heteroatoms. The second-order valence-corrected chi connectivity index (χ2v) is 6.62. The largest absolute Gasteiger partial charge is 0.317 e. The average Bonchev–Trinajstić information content (AvgIpc) is 3.35. The number of nitrogens with one attached hydrogen (secondary N) is 1. The van der Waals surface area contributed by atoms with Gasteiger partial charge in [-0.1, -0.05) is 24.3 Å². The third kappa shape index (κ3) is 4.11. The first kappa shape index (κ1) is 18.9. The summed E-state index contributed by atoms with van der Waals surface area (Å²) in [5.74, 6) is -0.604. The van der Waals surface area contributed by atoms with E-state index in [1.807, 2.05) is 13.0 Å². The minimum absolute atomic E-state index is 0.0534. The van der Waals surface area contributed by atoms with Crippen LogP contribution in [0, 0.1) is 21.4 Å². The van der Waals surface area contributed by atoms with Crippen molar-refractivity contribution in [3.05, 3.63) is 69.0 Å². The Kier molecular flexibility index (Phi) is 5.57. The van der Waals surface area contributed by atoms with Gasteiger partial charge in [0, 0.05) is 24.0 Å². The highest BCUT2D eigenvalue weighted by Gasteiger charge is 2.14. The van der Waals surface area contributed by atoms with Crippen LogP contribution in [0.15, 0.2) is 48.2 Å². The molecule has 0 aliphatic carbocycles. The maximum atomic E-state index is 12.4. The topological polar surface area (TPSA) is 127 Å². The van der Waals surface area contributed by atoms with Gasteiger partial charge in [-0.2, -0.15) is 5.26 Å². The quantitative estimate of drug-likeness (QED) is 0.296. The van der Waals surface area contributed by atoms with Crippen molar-refractivity contribution in [2.75, 3.05) is 5.32 Å². The Morgan fingerprint density at radius 3 is 2.89 bits per heavy atom. The number of benzene rings is 1. The van der Waals surface area contributed by atoms with Gasteiger partial charge in [0.05, 0.1) is 10.6 Å². The lowest BCUT2D eigenvalue weighted by molar-refractivity contribution is -0.384. The number of anilines is 1. The first-order chi connectivity index (χ1) is 13.5. The normalized spacial score (nSPS) is 11.1. The number of amides is 1. The predicted molar refractivity (Wildman–Crippen MR) is 104 cm³/mol. The first-order valence-electron chi connectivity index (χ1n) is 8.19. The summed E-state index contributed by atoms with van der Waals surface area (Å²) in [4.78, 5) is 22.9. The number of rotatable bonds is 6. The minimum Gasteiger partial charge on any atom is -0.317 e. The van der Waals surface area contributed by atoms with Gasteiger partial charge in [-0.05, 0) is 30.7 Å². The lowest BCUT2D eigenvalue weighted by Gasteiger charge is -2.07. The molecule has 9 nitrogen and oxygen atoms in total. The molecule has 2 heterocycles. The van der Waals surface area contributed by atoms with E-state index >= 15 is 0 Å². The van der Waals surface area contributed by atoms with Crippen LogP contribution in [-0.2, 0) is 11.2 Å². The molecule has 0 saturated carbocycles. The summed E-state index contributed by atoms with van der Waals surface area (Å²) in [6.07, 6.45) is 3.80. The molecular weight excluding hydrogens is 380 g/mol. The van der Waals surface area contributed by atoms with Crippen LogP contribution < -0.4 is 5.32 Å². The number of nitriles is 1. The van der Waals surface area contributed by atoms with Gasteiger partial charge in [-0.25, -0.2) is 0 Å². The molecule has 0 fully saturated rings. The first-order valence-corrected chi connectivity index (χ1v) is 9.01. The SMILES string of the molecule is CCc1nnc(NC(=O)C(C#N)=Cc2cccn2-c2cccc([N+](=O)[O-])c2)s1. The second-order valence-electron chi connectivity index (χ2n) is 5.56. The van der Waals surface area contributed by atoms with Crippen molar-refractivity contribution >= 4 is 34.1 Å². The van der Waals surface area contributed by atoms with E-state index in [9.17, 15) is 20.2 Å². The number of nitrogens with zero attached hydrogens (tertiary/aromatic N) is 5. The van der Waals surface area contributed by atoms with Gasteiger partial charge in [-0.3, -0.25) is 20.2 Å². The molecule has 1 amide bonds. The number of aromatic nitrogens is 3. The van der Waals surface area contributed by atoms with Crippen LogP contribution in [0.2, 0.25) is 0 Å². The zero-order chi connectivity index (χ0) is 20.1. The average molecular weight is 394 g/mol. The Labute approximate surface area is 163 Å². The number of carbonyl (C=O) groups excluding carboxylic acids is 1. The van der Waals surface area contributed by atoms with Crippen LogP contribution in [0.4, 0.5) is 10.8 Å². The van der Waals surface area contributed by atoms with Crippen molar-refractivity contribution in [1.29, 1.82) is 5.26 Å². The van der Waals surface area contributed by atoms with Gasteiger partial charge in [-0.15, -0.1) is 10.2 Å². The fraction of sp³-hybridized carbons (Fsp3) is 0.111. The van der Waals surface area contributed by atoms with E-state index in [-0.39, 0.29) is 11.3 Å². The van der Waals surface area contributed by atoms with Crippen molar-refractivity contribution in [1.82, 2.24) is 14.8 Å². The summed E-state index contributed by atoms with van der Waals surface area (Å²) in [7, 11) is 0. The molecule has 0 bridgehead atoms. The summed E-state index contributed by atoms with van der Waals surface area (Å²) in [5, 5.41) is 31.8. The molecule has 0 saturated heterocycles. The van der Waals surface area contributed by atoms with E-state index in [4.69, 9.17) is 0 Å². The van der Waals surface area contributed by atoms with Crippen LogP contribution in [0.25, 0.3) is 11.8 Å². The molecule has 1 N–H and O–H groups in total. The lowest BCUT2D eigenvalue weighted by Crippen LogP contribution is -2.13. The Hall–Kier alpha value is -3.84. The summed E-state index contributed by atoms with van der Waals surface area (Å²) in [6.45, 7) is 1.93. The van der Waals surface area contributed by atoms with Crippen molar-refractivity contribution in [2.45, 2.75) is 13.3 Å². The lowest BCUT2D eigenvalue weighted by atomic mass is 10.2. The number of hydrogen-bond donors (Lipinski definition) is 1. The number of nitro groups is 1. The van der Waals surface area contributed by atoms with Gasteiger partial charge in [0.2, 0.25) is 5.13 Å². The zero-order valence-electron chi connectivity index (χ0n) is 14.7. The molecule has 140 valence electrons. The standard InChI is InChI=1S/C18H14N6O3S/c1-2-16-21-22-18(28-16)20-17(25)12(11-19)9-13-7-4-8-23(13)14-5-3-6-15(10-14)24(26)27/h3-10H,2H2,1H3,(H,20,22,25). The zero-order valence-corrected chi connectivity index (χ0v) is 15.5. The third-order valence-corrected chi connectivity index (χ3v) is 4.73. The molecule has 28 heavy (non-hydrogen) atoms. The van der Waals surface area contributed by atoms with Gasteiger partial charge >= 0.3 is 0 Å². The van der Waals surface area contributed by atoms with Crippen LogP contribution in [-0.4, -0.2) is 25.6 Å². The fourth-order valence-electron chi connectivity index (χ4n) is 2.41. The molecule has 0 unspecified atom stereocenters. The highest BCUT2D eigenvalue weighted by Crippen LogP contribution is 2.21. The molecule has 3 rings (SSSR count). The van der Waals surface area contributed by atoms with Crippen LogP contribution in [0.5, 0.6) is 0 Å². The maximum Gasteiger partial charge on any atom is 0.271 e. The summed E-state index contributed by atoms with van der Waals surface area (Å²) < 4.78 is 1.65. The van der Waals surface area contributed by atoms with Crippen molar-refractivity contribution in [3.8, 4) is 11.8 Å². The van der Waals surface area contributed by atoms with Gasteiger partial charge < -0.3 is 4.57 Å². The van der Waals surface area contributed by atoms with E-state index < -0.39 is 10.8 Å². The molecule has 2 aromatic heterocycles. The molecule has 0 radical (unpaired) electrons. The number of carbonyl (C=O) groups is 1. The van der Waals surface area contributed by atoms with Gasteiger partial charge in [0.15, 0.2) is 0 Å². The number of non-ortho nitro benzene ring substituents is 1. The van der Waals surface area contributed by atoms with E-state index in [0.717, 1.165) is 5.01 Å². The smallest absolute Gasteiger partial charge is 0.271 e. The Morgan fingerprint density at radius 1 is 1.39 bits per heavy atom. The van der Waals surface area contributed by atoms with E-state index in [1.165, 1.54) is 29.5 Å². The van der Waals surface area contributed by atoms with Crippen LogP contribution in [0.3, 0.4) is 0 Å². The van der Waals surface area contributed by atoms with Crippen molar-refractivity contribution in [2.24, 2.45) is 0 Å². The summed E-state index contributed by atoms with van der Waals surface area (Å²) in [6, 6.07) is 11.4. The highest BCUT2D eigenvalue weighted by atomic mass is 32.1. The van der Waals surface area contributed by atoms with Crippen LogP contribution >= 0.6 is 11.3 Å². The second kappa shape index (κ2) is 8.24. The molecule has 0 atom stereocenters. The third-order valence-electron chi connectivity index (χ3n) is 3.75. The fourth-order valence-corrected chi connectivity index (χ4v) is 3.09. The summed E-state index contributed by atoms with van der Waals surface area (Å²) >= 11 is 1.24. The van der Waals surface area contributed by atoms with Gasteiger partial charge in [0.25, 0.3) is 11.6 Å². The summed E-state index contributed by atoms with van der Waals surface area (Å²) in [5.41, 5.74) is 0.888.